The van der Waals surface area contributed by atoms with Crippen LogP contribution in [0.4, 0.5) is 11.9 Å². The lowest BCUT2D eigenvalue weighted by molar-refractivity contribution is -0.0501. The summed E-state index contributed by atoms with van der Waals surface area (Å²) in [5.74, 6) is 0.0829. The average Bonchev–Trinajstić information content (AvgIpc) is 3.19. The van der Waals surface area contributed by atoms with E-state index >= 15 is 0 Å². The van der Waals surface area contributed by atoms with Gasteiger partial charge < -0.3 is 31.1 Å². The van der Waals surface area contributed by atoms with Gasteiger partial charge in [0.15, 0.2) is 17.4 Å². The number of benzene rings is 1. The molecule has 0 bridgehead atoms. The standard InChI is InChI=1S/C18H22N6O5/c1-8-2-4-9(5-3-8)6-20-18-21-11-14(22-17(19)23-15(11)28)24(18)16-13(27)12(26)10(7-25)29-16/h2-5,10,12-13,16,25-27H,6-7H2,1H3,(H,20,21)(H3,19,22,23,28)/t10-,12-,13-,16-/m0/s1. The number of nitrogens with two attached hydrogens (primary N) is 1. The Labute approximate surface area is 164 Å². The van der Waals surface area contributed by atoms with Crippen molar-refractivity contribution in [2.24, 2.45) is 0 Å². The second-order valence-electron chi connectivity index (χ2n) is 7.00. The number of nitrogens with zero attached hydrogens (tertiary/aromatic N) is 3. The van der Waals surface area contributed by atoms with Crippen molar-refractivity contribution in [2.45, 2.75) is 38.0 Å². The monoisotopic (exact) mass is 402 g/mol. The lowest BCUT2D eigenvalue weighted by Crippen LogP contribution is -2.33. The quantitative estimate of drug-likeness (QED) is 0.321. The number of ether oxygens (including phenoxy) is 1. The number of fused-ring (bicyclic) bond motifs is 1. The molecule has 3 heterocycles. The molecule has 0 radical (unpaired) electrons. The molecule has 2 aromatic heterocycles. The van der Waals surface area contributed by atoms with Crippen LogP contribution >= 0.6 is 0 Å². The van der Waals surface area contributed by atoms with E-state index in [-0.39, 0.29) is 23.1 Å². The van der Waals surface area contributed by atoms with E-state index in [1.807, 2.05) is 31.2 Å². The van der Waals surface area contributed by atoms with E-state index in [4.69, 9.17) is 10.5 Å². The highest BCUT2D eigenvalue weighted by molar-refractivity contribution is 5.74. The summed E-state index contributed by atoms with van der Waals surface area (Å²) >= 11 is 0. The van der Waals surface area contributed by atoms with Gasteiger partial charge in [0, 0.05) is 6.54 Å². The first-order valence-corrected chi connectivity index (χ1v) is 9.08. The largest absolute Gasteiger partial charge is 0.394 e. The van der Waals surface area contributed by atoms with Crippen LogP contribution in [0, 0.1) is 6.92 Å². The van der Waals surface area contributed by atoms with Gasteiger partial charge in [-0.1, -0.05) is 29.8 Å². The summed E-state index contributed by atoms with van der Waals surface area (Å²) in [4.78, 5) is 23.1. The van der Waals surface area contributed by atoms with Crippen molar-refractivity contribution < 1.29 is 20.1 Å². The minimum Gasteiger partial charge on any atom is -0.394 e. The minimum absolute atomic E-state index is 0.00310. The topological polar surface area (TPSA) is 172 Å². The van der Waals surface area contributed by atoms with Gasteiger partial charge >= 0.3 is 0 Å². The molecule has 4 rings (SSSR count). The molecule has 0 spiro atoms. The lowest BCUT2D eigenvalue weighted by atomic mass is 10.1. The third kappa shape index (κ3) is 3.44. The second-order valence-corrected chi connectivity index (χ2v) is 7.00. The van der Waals surface area contributed by atoms with Crippen molar-refractivity contribution in [3.05, 3.63) is 45.7 Å². The molecule has 1 aromatic carbocycles. The first-order chi connectivity index (χ1) is 13.9. The van der Waals surface area contributed by atoms with Crippen LogP contribution in [0.5, 0.6) is 0 Å². The number of hydrogen-bond acceptors (Lipinski definition) is 9. The SMILES string of the molecule is Cc1ccc(CNc2nc3c(=O)[nH]c(N)nc3n2[C@H]2O[C@@H](CO)[C@H](O)[C@@H]2O)cc1. The molecule has 154 valence electrons. The Bertz CT molecular complexity index is 1080. The summed E-state index contributed by atoms with van der Waals surface area (Å²) in [7, 11) is 0. The van der Waals surface area contributed by atoms with Crippen molar-refractivity contribution >= 4 is 23.1 Å². The van der Waals surface area contributed by atoms with E-state index in [9.17, 15) is 20.1 Å². The smallest absolute Gasteiger partial charge is 0.280 e. The average molecular weight is 402 g/mol. The fourth-order valence-corrected chi connectivity index (χ4v) is 3.35. The first-order valence-electron chi connectivity index (χ1n) is 9.08. The number of imidazole rings is 1. The number of anilines is 2. The molecule has 0 amide bonds. The maximum absolute atomic E-state index is 12.3. The van der Waals surface area contributed by atoms with Crippen LogP contribution in [0.3, 0.4) is 0 Å². The molecule has 1 fully saturated rings. The molecular weight excluding hydrogens is 380 g/mol. The minimum atomic E-state index is -1.37. The zero-order valence-electron chi connectivity index (χ0n) is 15.6. The number of H-pyrrole nitrogens is 1. The van der Waals surface area contributed by atoms with Crippen molar-refractivity contribution in [3.63, 3.8) is 0 Å². The Kier molecular flexibility index (Phi) is 4.96. The zero-order chi connectivity index (χ0) is 20.7. The molecular formula is C18H22N6O5. The number of aryl methyl sites for hydroxylation is 1. The summed E-state index contributed by atoms with van der Waals surface area (Å²) in [5.41, 5.74) is 7.32. The van der Waals surface area contributed by atoms with Gasteiger partial charge in [-0.3, -0.25) is 14.3 Å². The van der Waals surface area contributed by atoms with Crippen LogP contribution in [0.25, 0.3) is 11.2 Å². The Hall–Kier alpha value is -2.99. The number of aliphatic hydroxyl groups excluding tert-OH is 3. The lowest BCUT2D eigenvalue weighted by Gasteiger charge is -2.19. The molecule has 11 nitrogen and oxygen atoms in total. The van der Waals surface area contributed by atoms with Gasteiger partial charge in [-0.25, -0.2) is 4.98 Å². The Balaban J connectivity index is 1.77. The van der Waals surface area contributed by atoms with Gasteiger partial charge in [0.1, 0.15) is 18.3 Å². The Morgan fingerprint density at radius 2 is 1.97 bits per heavy atom. The summed E-state index contributed by atoms with van der Waals surface area (Å²) in [6.45, 7) is 1.89. The molecule has 1 aliphatic rings. The first kappa shape index (κ1) is 19.3. The van der Waals surface area contributed by atoms with Gasteiger partial charge in [0.25, 0.3) is 5.56 Å². The summed E-state index contributed by atoms with van der Waals surface area (Å²) in [6.07, 6.45) is -4.79. The van der Waals surface area contributed by atoms with E-state index in [1.165, 1.54) is 4.57 Å². The van der Waals surface area contributed by atoms with Gasteiger partial charge in [0.2, 0.25) is 11.9 Å². The second kappa shape index (κ2) is 7.44. The molecule has 29 heavy (non-hydrogen) atoms. The maximum Gasteiger partial charge on any atom is 0.280 e. The van der Waals surface area contributed by atoms with Crippen LogP contribution in [0.2, 0.25) is 0 Å². The normalized spacial score (nSPS) is 24.3. The molecule has 0 aliphatic carbocycles. The van der Waals surface area contributed by atoms with Gasteiger partial charge in [-0.2, -0.15) is 4.98 Å². The van der Waals surface area contributed by atoms with Crippen LogP contribution in [0.15, 0.2) is 29.1 Å². The molecule has 7 N–H and O–H groups in total. The van der Waals surface area contributed by atoms with Gasteiger partial charge in [-0.15, -0.1) is 0 Å². The molecule has 3 aromatic rings. The van der Waals surface area contributed by atoms with E-state index in [0.717, 1.165) is 11.1 Å². The third-order valence-corrected chi connectivity index (χ3v) is 4.91. The van der Waals surface area contributed by atoms with Gasteiger partial charge in [-0.05, 0) is 12.5 Å². The van der Waals surface area contributed by atoms with Crippen molar-refractivity contribution in [1.82, 2.24) is 19.5 Å². The highest BCUT2D eigenvalue weighted by Gasteiger charge is 2.45. The van der Waals surface area contributed by atoms with Crippen LogP contribution in [-0.4, -0.2) is 59.8 Å². The van der Waals surface area contributed by atoms with E-state index in [2.05, 4.69) is 20.3 Å². The Morgan fingerprint density at radius 1 is 1.24 bits per heavy atom. The van der Waals surface area contributed by atoms with Crippen molar-refractivity contribution in [3.8, 4) is 0 Å². The van der Waals surface area contributed by atoms with Gasteiger partial charge in [0.05, 0.1) is 6.61 Å². The molecule has 1 saturated heterocycles. The summed E-state index contributed by atoms with van der Waals surface area (Å²) in [5, 5.41) is 33.1. The van der Waals surface area contributed by atoms with E-state index in [1.54, 1.807) is 0 Å². The molecule has 1 aliphatic heterocycles. The number of nitrogen functional groups attached to an aromatic ring is 1. The van der Waals surface area contributed by atoms with Crippen LogP contribution in [0.1, 0.15) is 17.4 Å². The predicted molar refractivity (Wildman–Crippen MR) is 104 cm³/mol. The molecule has 0 unspecified atom stereocenters. The Morgan fingerprint density at radius 3 is 2.62 bits per heavy atom. The van der Waals surface area contributed by atoms with Crippen molar-refractivity contribution in [1.29, 1.82) is 0 Å². The number of aromatic nitrogens is 4. The number of rotatable bonds is 5. The highest BCUT2D eigenvalue weighted by Crippen LogP contribution is 2.34. The fraction of sp³-hybridized carbons (Fsp3) is 0.389. The molecule has 0 saturated carbocycles. The van der Waals surface area contributed by atoms with Crippen LogP contribution < -0.4 is 16.6 Å². The molecule has 4 atom stereocenters. The van der Waals surface area contributed by atoms with Crippen LogP contribution in [-0.2, 0) is 11.3 Å². The van der Waals surface area contributed by atoms with E-state index in [0.29, 0.717) is 6.54 Å². The number of aliphatic hydroxyl groups is 3. The number of hydrogen-bond donors (Lipinski definition) is 6. The summed E-state index contributed by atoms with van der Waals surface area (Å²) in [6, 6.07) is 7.84. The molecule has 11 heteroatoms. The predicted octanol–water partition coefficient (Wildman–Crippen LogP) is -0.766. The highest BCUT2D eigenvalue weighted by atomic mass is 16.6. The van der Waals surface area contributed by atoms with Crippen molar-refractivity contribution in [2.75, 3.05) is 17.7 Å². The zero-order valence-corrected chi connectivity index (χ0v) is 15.6. The third-order valence-electron chi connectivity index (χ3n) is 4.91. The number of aromatic amines is 1. The summed E-state index contributed by atoms with van der Waals surface area (Å²) < 4.78 is 6.99. The maximum atomic E-state index is 12.3. The van der Waals surface area contributed by atoms with E-state index < -0.39 is 36.7 Å². The fourth-order valence-electron chi connectivity index (χ4n) is 3.35. The number of nitrogens with one attached hydrogen (secondary N) is 2.